The van der Waals surface area contributed by atoms with Gasteiger partial charge in [-0.1, -0.05) is 58.8 Å². The highest BCUT2D eigenvalue weighted by Gasteiger charge is 2.19. The van der Waals surface area contributed by atoms with Crippen LogP contribution < -0.4 is 4.90 Å². The summed E-state index contributed by atoms with van der Waals surface area (Å²) in [5.41, 5.74) is 1.48. The molecule has 0 radical (unpaired) electrons. The Balaban J connectivity index is 1.64. The van der Waals surface area contributed by atoms with Gasteiger partial charge in [-0.2, -0.15) is 5.10 Å². The fourth-order valence-electron chi connectivity index (χ4n) is 2.82. The van der Waals surface area contributed by atoms with Crippen molar-refractivity contribution in [3.05, 3.63) is 82.6 Å². The molecule has 2 heterocycles. The molecule has 8 heteroatoms. The van der Waals surface area contributed by atoms with E-state index in [1.54, 1.807) is 34.0 Å². The van der Waals surface area contributed by atoms with E-state index in [-0.39, 0.29) is 5.91 Å². The molecule has 29 heavy (non-hydrogen) atoms. The number of fused-ring (bicyclic) bond motifs is 1. The van der Waals surface area contributed by atoms with Crippen LogP contribution in [-0.4, -0.2) is 27.2 Å². The molecular weight excluding hydrogens is 427 g/mol. The Morgan fingerprint density at radius 2 is 1.93 bits per heavy atom. The zero-order valence-electron chi connectivity index (χ0n) is 15.2. The van der Waals surface area contributed by atoms with E-state index in [1.165, 1.54) is 17.4 Å². The van der Waals surface area contributed by atoms with E-state index in [2.05, 4.69) is 10.1 Å². The predicted molar refractivity (Wildman–Crippen MR) is 120 cm³/mol. The fraction of sp³-hybridized carbons (Fsp3) is 0.0952. The van der Waals surface area contributed by atoms with Crippen LogP contribution in [0.3, 0.4) is 0 Å². The first-order valence-corrected chi connectivity index (χ1v) is 10.5. The van der Waals surface area contributed by atoms with Gasteiger partial charge in [0.05, 0.1) is 16.3 Å². The van der Waals surface area contributed by atoms with Gasteiger partial charge in [-0.3, -0.25) is 14.4 Å². The van der Waals surface area contributed by atoms with Crippen molar-refractivity contribution in [3.8, 4) is 0 Å². The Labute approximate surface area is 181 Å². The highest BCUT2D eigenvalue weighted by molar-refractivity contribution is 7.22. The number of halogens is 2. The molecule has 4 aromatic rings. The van der Waals surface area contributed by atoms with E-state index >= 15 is 0 Å². The summed E-state index contributed by atoms with van der Waals surface area (Å²) in [4.78, 5) is 19.3. The van der Waals surface area contributed by atoms with Gasteiger partial charge in [0.1, 0.15) is 5.52 Å². The van der Waals surface area contributed by atoms with E-state index < -0.39 is 0 Å². The minimum atomic E-state index is -0.188. The standard InChI is InChI=1S/C21H16Cl2N4OS/c22-16-6-2-1-5-15(16)9-10-19(28)27(14-13-26-12-4-11-24-26)21-25-20-17(23)7-3-8-18(20)29-21/h1-12H,13-14H2/b10-9+. The summed E-state index contributed by atoms with van der Waals surface area (Å²) in [7, 11) is 0. The van der Waals surface area contributed by atoms with Gasteiger partial charge in [-0.15, -0.1) is 0 Å². The average Bonchev–Trinajstić information content (AvgIpc) is 3.38. The van der Waals surface area contributed by atoms with Crippen molar-refractivity contribution in [3.63, 3.8) is 0 Å². The number of carbonyl (C=O) groups excluding carboxylic acids is 1. The van der Waals surface area contributed by atoms with Crippen molar-refractivity contribution in [2.75, 3.05) is 11.4 Å². The maximum atomic E-state index is 13.0. The summed E-state index contributed by atoms with van der Waals surface area (Å²) in [5.74, 6) is -0.188. The summed E-state index contributed by atoms with van der Waals surface area (Å²) in [5, 5.41) is 5.96. The van der Waals surface area contributed by atoms with Crippen LogP contribution >= 0.6 is 34.5 Å². The van der Waals surface area contributed by atoms with Crippen LogP contribution in [0.1, 0.15) is 5.56 Å². The number of carbonyl (C=O) groups is 1. The van der Waals surface area contributed by atoms with Gasteiger partial charge in [0.25, 0.3) is 5.91 Å². The molecule has 0 bridgehead atoms. The lowest BCUT2D eigenvalue weighted by Gasteiger charge is -2.18. The van der Waals surface area contributed by atoms with Gasteiger partial charge in [0, 0.05) is 30.0 Å². The van der Waals surface area contributed by atoms with E-state index in [9.17, 15) is 4.79 Å². The van der Waals surface area contributed by atoms with Gasteiger partial charge in [-0.25, -0.2) is 4.98 Å². The fourth-order valence-corrected chi connectivity index (χ4v) is 4.31. The normalized spacial score (nSPS) is 11.4. The number of benzene rings is 2. The van der Waals surface area contributed by atoms with E-state index in [0.29, 0.717) is 33.8 Å². The van der Waals surface area contributed by atoms with Gasteiger partial charge >= 0.3 is 0 Å². The van der Waals surface area contributed by atoms with Gasteiger partial charge in [0.2, 0.25) is 0 Å². The molecular formula is C21H16Cl2N4OS. The number of rotatable bonds is 6. The minimum absolute atomic E-state index is 0.188. The van der Waals surface area contributed by atoms with Gasteiger partial charge < -0.3 is 0 Å². The Morgan fingerprint density at radius 1 is 1.10 bits per heavy atom. The van der Waals surface area contributed by atoms with Gasteiger partial charge in [-0.05, 0) is 35.9 Å². The van der Waals surface area contributed by atoms with E-state index in [4.69, 9.17) is 23.2 Å². The van der Waals surface area contributed by atoms with Crippen molar-refractivity contribution < 1.29 is 4.79 Å². The maximum Gasteiger partial charge on any atom is 0.252 e. The van der Waals surface area contributed by atoms with Crippen LogP contribution in [0.5, 0.6) is 0 Å². The Bertz CT molecular complexity index is 1170. The molecule has 0 saturated carbocycles. The maximum absolute atomic E-state index is 13.0. The Morgan fingerprint density at radius 3 is 2.69 bits per heavy atom. The van der Waals surface area contributed by atoms with Crippen molar-refractivity contribution in [2.45, 2.75) is 6.54 Å². The molecule has 0 aliphatic heterocycles. The molecule has 146 valence electrons. The molecule has 0 aliphatic carbocycles. The monoisotopic (exact) mass is 442 g/mol. The second-order valence-corrected chi connectivity index (χ2v) is 8.02. The van der Waals surface area contributed by atoms with Crippen LogP contribution in [-0.2, 0) is 11.3 Å². The lowest BCUT2D eigenvalue weighted by atomic mass is 10.2. The van der Waals surface area contributed by atoms with Crippen LogP contribution in [0.4, 0.5) is 5.13 Å². The topological polar surface area (TPSA) is 51.0 Å². The highest BCUT2D eigenvalue weighted by Crippen LogP contribution is 2.33. The SMILES string of the molecule is O=C(/C=C/c1ccccc1Cl)N(CCn1cccn1)c1nc2c(Cl)cccc2s1. The Hall–Kier alpha value is -2.67. The number of aromatic nitrogens is 3. The number of anilines is 1. The molecule has 2 aromatic carbocycles. The summed E-state index contributed by atoms with van der Waals surface area (Å²) >= 11 is 13.9. The average molecular weight is 443 g/mol. The molecule has 5 nitrogen and oxygen atoms in total. The molecule has 0 atom stereocenters. The molecule has 4 rings (SSSR count). The van der Waals surface area contributed by atoms with Crippen molar-refractivity contribution in [1.29, 1.82) is 0 Å². The van der Waals surface area contributed by atoms with Crippen LogP contribution in [0.2, 0.25) is 10.0 Å². The van der Waals surface area contributed by atoms with Crippen molar-refractivity contribution >= 4 is 61.9 Å². The van der Waals surface area contributed by atoms with E-state index in [0.717, 1.165) is 10.3 Å². The molecule has 0 fully saturated rings. The number of hydrogen-bond acceptors (Lipinski definition) is 4. The first-order chi connectivity index (χ1) is 14.1. The van der Waals surface area contributed by atoms with Crippen LogP contribution in [0.15, 0.2) is 67.0 Å². The Kier molecular flexibility index (Phi) is 5.94. The molecule has 0 saturated heterocycles. The number of nitrogens with zero attached hydrogens (tertiary/aromatic N) is 4. The summed E-state index contributed by atoms with van der Waals surface area (Å²) < 4.78 is 2.71. The third-order valence-electron chi connectivity index (χ3n) is 4.28. The van der Waals surface area contributed by atoms with Crippen LogP contribution in [0.25, 0.3) is 16.3 Å². The first kappa shape index (κ1) is 19.6. The molecule has 2 aromatic heterocycles. The summed E-state index contributed by atoms with van der Waals surface area (Å²) in [6.07, 6.45) is 6.79. The third kappa shape index (κ3) is 4.50. The predicted octanol–water partition coefficient (Wildman–Crippen LogP) is 5.55. The lowest BCUT2D eigenvalue weighted by molar-refractivity contribution is -0.114. The summed E-state index contributed by atoms with van der Waals surface area (Å²) in [6, 6.07) is 14.8. The largest absolute Gasteiger partial charge is 0.283 e. The number of hydrogen-bond donors (Lipinski definition) is 0. The number of thiazole rings is 1. The summed E-state index contributed by atoms with van der Waals surface area (Å²) in [6.45, 7) is 0.965. The second-order valence-electron chi connectivity index (χ2n) is 6.20. The third-order valence-corrected chi connectivity index (χ3v) is 5.97. The lowest BCUT2D eigenvalue weighted by Crippen LogP contribution is -2.32. The zero-order valence-corrected chi connectivity index (χ0v) is 17.5. The van der Waals surface area contributed by atoms with E-state index in [1.807, 2.05) is 42.6 Å². The second kappa shape index (κ2) is 8.78. The molecule has 0 N–H and O–H groups in total. The molecule has 0 unspecified atom stereocenters. The number of para-hydroxylation sites is 1. The quantitative estimate of drug-likeness (QED) is 0.368. The van der Waals surface area contributed by atoms with Crippen molar-refractivity contribution in [2.24, 2.45) is 0 Å². The number of amides is 1. The molecule has 0 spiro atoms. The zero-order chi connectivity index (χ0) is 20.2. The van der Waals surface area contributed by atoms with Gasteiger partial charge in [0.15, 0.2) is 5.13 Å². The van der Waals surface area contributed by atoms with Crippen molar-refractivity contribution in [1.82, 2.24) is 14.8 Å². The highest BCUT2D eigenvalue weighted by atomic mass is 35.5. The molecule has 0 aliphatic rings. The smallest absolute Gasteiger partial charge is 0.252 e. The molecule has 1 amide bonds. The van der Waals surface area contributed by atoms with Crippen LogP contribution in [0, 0.1) is 0 Å². The first-order valence-electron chi connectivity index (χ1n) is 8.88. The minimum Gasteiger partial charge on any atom is -0.283 e.